The van der Waals surface area contributed by atoms with E-state index in [2.05, 4.69) is 15.8 Å². The summed E-state index contributed by atoms with van der Waals surface area (Å²) in [6.45, 7) is 1.97. The summed E-state index contributed by atoms with van der Waals surface area (Å²) in [5.41, 5.74) is 6.46. The van der Waals surface area contributed by atoms with Crippen molar-refractivity contribution in [2.24, 2.45) is 5.84 Å². The van der Waals surface area contributed by atoms with Crippen molar-refractivity contribution in [2.45, 2.75) is 13.3 Å². The van der Waals surface area contributed by atoms with E-state index in [1.54, 1.807) is 31.2 Å². The number of hydrogen-bond acceptors (Lipinski definition) is 5. The molecule has 4 N–H and O–H groups in total. The van der Waals surface area contributed by atoms with Crippen molar-refractivity contribution < 1.29 is 4.79 Å². The molecule has 0 saturated heterocycles. The van der Waals surface area contributed by atoms with Crippen LogP contribution in [0.4, 0.5) is 5.82 Å². The summed E-state index contributed by atoms with van der Waals surface area (Å²) in [5, 5.41) is 1.59. The fraction of sp³-hybridized carbons (Fsp3) is 0.400. The van der Waals surface area contributed by atoms with Gasteiger partial charge in [-0.15, -0.1) is 0 Å². The van der Waals surface area contributed by atoms with Crippen molar-refractivity contribution in [2.75, 3.05) is 19.5 Å². The van der Waals surface area contributed by atoms with Gasteiger partial charge in [-0.3, -0.25) is 10.2 Å². The molecule has 0 fully saturated rings. The maximum Gasteiger partial charge on any atom is 0.265 e. The van der Waals surface area contributed by atoms with Gasteiger partial charge in [-0.2, -0.15) is 0 Å². The lowest BCUT2D eigenvalue weighted by Gasteiger charge is -2.13. The number of nitrogens with zero attached hydrogens (tertiary/aromatic N) is 2. The van der Waals surface area contributed by atoms with E-state index in [9.17, 15) is 4.79 Å². The number of aromatic nitrogens is 1. The van der Waals surface area contributed by atoms with Crippen LogP contribution in [-0.2, 0) is 6.42 Å². The zero-order valence-corrected chi connectivity index (χ0v) is 9.74. The van der Waals surface area contributed by atoms with E-state index < -0.39 is 0 Å². The molecule has 0 bridgehead atoms. The molecule has 0 aliphatic heterocycles. The van der Waals surface area contributed by atoms with E-state index in [1.807, 2.05) is 6.92 Å². The molecule has 0 unspecified atom stereocenters. The van der Waals surface area contributed by atoms with Gasteiger partial charge in [0.05, 0.1) is 0 Å². The predicted octanol–water partition coefficient (Wildman–Crippen LogP) is 0.136. The summed E-state index contributed by atoms with van der Waals surface area (Å²) in [7, 11) is 3.50. The van der Waals surface area contributed by atoms with Gasteiger partial charge in [0.25, 0.3) is 5.91 Å². The molecule has 16 heavy (non-hydrogen) atoms. The summed E-state index contributed by atoms with van der Waals surface area (Å²) in [5.74, 6) is 5.60. The molecule has 0 saturated carbocycles. The molecule has 0 aromatic carbocycles. The van der Waals surface area contributed by atoms with E-state index in [-0.39, 0.29) is 5.91 Å². The fourth-order valence-corrected chi connectivity index (χ4v) is 1.24. The van der Waals surface area contributed by atoms with Crippen LogP contribution >= 0.6 is 0 Å². The number of nitrogen functional groups attached to an aromatic ring is 1. The van der Waals surface area contributed by atoms with Crippen molar-refractivity contribution in [3.05, 3.63) is 23.4 Å². The Kier molecular flexibility index (Phi) is 4.21. The molecular weight excluding hydrogens is 206 g/mol. The number of aryl methyl sites for hydroxylation is 1. The number of hydrazine groups is 2. The minimum absolute atomic E-state index is 0.182. The van der Waals surface area contributed by atoms with Crippen LogP contribution in [0.25, 0.3) is 0 Å². The molecule has 1 rings (SSSR count). The SMILES string of the molecule is CCc1cc(C(=O)NN(C)C)cc(NN)n1. The molecule has 0 aliphatic carbocycles. The average molecular weight is 223 g/mol. The smallest absolute Gasteiger partial charge is 0.265 e. The van der Waals surface area contributed by atoms with Gasteiger partial charge in [-0.05, 0) is 18.6 Å². The van der Waals surface area contributed by atoms with Gasteiger partial charge in [-0.25, -0.2) is 15.8 Å². The van der Waals surface area contributed by atoms with Gasteiger partial charge in [0, 0.05) is 25.4 Å². The predicted molar refractivity (Wildman–Crippen MR) is 62.6 cm³/mol. The van der Waals surface area contributed by atoms with Crippen LogP contribution in [0.15, 0.2) is 12.1 Å². The molecule has 6 heteroatoms. The van der Waals surface area contributed by atoms with Gasteiger partial charge < -0.3 is 5.43 Å². The first-order chi connectivity index (χ1) is 7.56. The zero-order valence-electron chi connectivity index (χ0n) is 9.74. The molecule has 0 aliphatic rings. The van der Waals surface area contributed by atoms with Crippen molar-refractivity contribution in [3.63, 3.8) is 0 Å². The fourth-order valence-electron chi connectivity index (χ4n) is 1.24. The van der Waals surface area contributed by atoms with Crippen molar-refractivity contribution in [1.29, 1.82) is 0 Å². The Labute approximate surface area is 94.8 Å². The van der Waals surface area contributed by atoms with Crippen LogP contribution in [0.5, 0.6) is 0 Å². The second kappa shape index (κ2) is 5.43. The average Bonchev–Trinajstić information content (AvgIpc) is 2.27. The van der Waals surface area contributed by atoms with Gasteiger partial charge in [0.2, 0.25) is 0 Å². The third-order valence-electron chi connectivity index (χ3n) is 1.98. The summed E-state index contributed by atoms with van der Waals surface area (Å²) < 4.78 is 0. The molecule has 0 radical (unpaired) electrons. The molecule has 1 aromatic rings. The molecular formula is C10H17N5O. The molecule has 6 nitrogen and oxygen atoms in total. The highest BCUT2D eigenvalue weighted by atomic mass is 16.2. The number of hydrogen-bond donors (Lipinski definition) is 3. The molecule has 1 amide bonds. The molecule has 0 spiro atoms. The summed E-state index contributed by atoms with van der Waals surface area (Å²) in [6.07, 6.45) is 0.748. The quantitative estimate of drug-likeness (QED) is 0.499. The number of anilines is 1. The van der Waals surface area contributed by atoms with E-state index in [0.717, 1.165) is 12.1 Å². The van der Waals surface area contributed by atoms with Gasteiger partial charge in [-0.1, -0.05) is 6.92 Å². The van der Waals surface area contributed by atoms with Crippen LogP contribution in [0.2, 0.25) is 0 Å². The number of amides is 1. The van der Waals surface area contributed by atoms with E-state index in [4.69, 9.17) is 5.84 Å². The molecule has 1 heterocycles. The lowest BCUT2D eigenvalue weighted by Crippen LogP contribution is -2.36. The largest absolute Gasteiger partial charge is 0.308 e. The first-order valence-corrected chi connectivity index (χ1v) is 5.02. The van der Waals surface area contributed by atoms with Crippen LogP contribution in [-0.4, -0.2) is 30.0 Å². The number of rotatable bonds is 4. The number of nitrogens with one attached hydrogen (secondary N) is 2. The Hall–Kier alpha value is -1.66. The summed E-state index contributed by atoms with van der Waals surface area (Å²) in [4.78, 5) is 15.9. The summed E-state index contributed by atoms with van der Waals surface area (Å²) in [6, 6.07) is 3.36. The van der Waals surface area contributed by atoms with Gasteiger partial charge in [0.15, 0.2) is 0 Å². The van der Waals surface area contributed by atoms with Gasteiger partial charge in [0.1, 0.15) is 5.82 Å². The number of pyridine rings is 1. The third-order valence-corrected chi connectivity index (χ3v) is 1.98. The standard InChI is InChI=1S/C10H17N5O/c1-4-8-5-7(6-9(12-8)13-11)10(16)14-15(2)3/h5-6H,4,11H2,1-3H3,(H,12,13)(H,14,16). The highest BCUT2D eigenvalue weighted by Crippen LogP contribution is 2.10. The normalized spacial score (nSPS) is 10.3. The van der Waals surface area contributed by atoms with E-state index in [1.165, 1.54) is 0 Å². The van der Waals surface area contributed by atoms with Gasteiger partial charge >= 0.3 is 0 Å². The lowest BCUT2D eigenvalue weighted by molar-refractivity contribution is 0.0856. The van der Waals surface area contributed by atoms with Crippen molar-refractivity contribution >= 4 is 11.7 Å². The lowest BCUT2D eigenvalue weighted by atomic mass is 10.2. The van der Waals surface area contributed by atoms with Crippen LogP contribution in [0, 0.1) is 0 Å². The molecule has 1 aromatic heterocycles. The van der Waals surface area contributed by atoms with E-state index >= 15 is 0 Å². The first-order valence-electron chi connectivity index (χ1n) is 5.02. The Balaban J connectivity index is 2.98. The van der Waals surface area contributed by atoms with E-state index in [0.29, 0.717) is 11.4 Å². The van der Waals surface area contributed by atoms with Crippen LogP contribution in [0.1, 0.15) is 23.0 Å². The number of nitrogens with two attached hydrogens (primary N) is 1. The first kappa shape index (κ1) is 12.4. The highest BCUT2D eigenvalue weighted by Gasteiger charge is 2.09. The zero-order chi connectivity index (χ0) is 12.1. The van der Waals surface area contributed by atoms with Crippen molar-refractivity contribution in [1.82, 2.24) is 15.4 Å². The molecule has 88 valence electrons. The monoisotopic (exact) mass is 223 g/mol. The Morgan fingerprint density at radius 2 is 2.19 bits per heavy atom. The second-order valence-corrected chi connectivity index (χ2v) is 3.57. The Bertz CT molecular complexity index is 355. The number of carbonyl (C=O) groups is 1. The van der Waals surface area contributed by atoms with Crippen LogP contribution in [0.3, 0.4) is 0 Å². The third kappa shape index (κ3) is 3.18. The minimum Gasteiger partial charge on any atom is -0.308 e. The topological polar surface area (TPSA) is 83.3 Å². The Morgan fingerprint density at radius 1 is 1.50 bits per heavy atom. The second-order valence-electron chi connectivity index (χ2n) is 3.57. The summed E-state index contributed by atoms with van der Waals surface area (Å²) >= 11 is 0. The maximum absolute atomic E-state index is 11.7. The minimum atomic E-state index is -0.182. The van der Waals surface area contributed by atoms with Crippen LogP contribution < -0.4 is 16.7 Å². The van der Waals surface area contributed by atoms with Crippen molar-refractivity contribution in [3.8, 4) is 0 Å². The maximum atomic E-state index is 11.7. The number of carbonyl (C=O) groups excluding carboxylic acids is 1. The Morgan fingerprint density at radius 3 is 2.69 bits per heavy atom. The molecule has 0 atom stereocenters. The highest BCUT2D eigenvalue weighted by molar-refractivity contribution is 5.94.